The summed E-state index contributed by atoms with van der Waals surface area (Å²) in [5.41, 5.74) is 10.6. The second-order valence-electron chi connectivity index (χ2n) is 14.4. The van der Waals surface area contributed by atoms with Crippen molar-refractivity contribution in [2.24, 2.45) is 0 Å². The topological polar surface area (TPSA) is 34.1 Å². The molecule has 0 atom stereocenters. The van der Waals surface area contributed by atoms with Crippen LogP contribution in [0.4, 0.5) is 0 Å². The van der Waals surface area contributed by atoms with Crippen molar-refractivity contribution < 1.29 is 9.13 Å². The van der Waals surface area contributed by atoms with Crippen LogP contribution in [0.3, 0.4) is 0 Å². The number of hydrogen-bond donors (Lipinski definition) is 0. The lowest BCUT2D eigenvalue weighted by Gasteiger charge is -2.29. The quantitative estimate of drug-likeness (QED) is 0.115. The minimum absolute atomic E-state index is 0.213. The Labute approximate surface area is 315 Å². The van der Waals surface area contributed by atoms with Crippen molar-refractivity contribution in [2.45, 2.75) is 41.5 Å². The molecule has 0 amide bonds. The fourth-order valence-corrected chi connectivity index (χ4v) is 13.9. The maximum absolute atomic E-state index is 16.3. The lowest BCUT2D eigenvalue weighted by Crippen LogP contribution is -2.57. The van der Waals surface area contributed by atoms with E-state index in [4.69, 9.17) is 0 Å². The highest BCUT2D eigenvalue weighted by Crippen LogP contribution is 2.45. The average molecular weight is 727 g/mol. The Morgan fingerprint density at radius 1 is 0.340 bits per heavy atom. The molecule has 262 valence electrons. The first kappa shape index (κ1) is 36.4. The maximum atomic E-state index is 16.3. The van der Waals surface area contributed by atoms with Crippen LogP contribution < -0.4 is 48.2 Å². The van der Waals surface area contributed by atoms with E-state index in [-0.39, 0.29) is 6.71 Å². The van der Waals surface area contributed by atoms with Gasteiger partial charge in [0.05, 0.1) is 0 Å². The molecule has 2 nitrogen and oxygen atoms in total. The predicted molar refractivity (Wildman–Crippen MR) is 231 cm³/mol. The van der Waals surface area contributed by atoms with Gasteiger partial charge in [-0.25, -0.2) is 0 Å². The van der Waals surface area contributed by atoms with Crippen molar-refractivity contribution in [2.75, 3.05) is 0 Å². The predicted octanol–water partition coefficient (Wildman–Crippen LogP) is 7.33. The van der Waals surface area contributed by atoms with Gasteiger partial charge in [0.2, 0.25) is 6.71 Å². The van der Waals surface area contributed by atoms with Crippen LogP contribution in [0.25, 0.3) is 0 Å². The molecule has 0 aliphatic rings. The molecule has 0 fully saturated rings. The van der Waals surface area contributed by atoms with Gasteiger partial charge in [-0.15, -0.1) is 0 Å². The number of benzene rings is 7. The van der Waals surface area contributed by atoms with Gasteiger partial charge in [-0.3, -0.25) is 0 Å². The van der Waals surface area contributed by atoms with E-state index in [1.54, 1.807) is 0 Å². The zero-order valence-electron chi connectivity index (χ0n) is 31.4. The summed E-state index contributed by atoms with van der Waals surface area (Å²) in [4.78, 5) is 0. The molecule has 7 rings (SSSR count). The fraction of sp³-hybridized carbons (Fsp3) is 0.125. The normalized spacial score (nSPS) is 11.7. The van der Waals surface area contributed by atoms with Crippen molar-refractivity contribution in [1.29, 1.82) is 0 Å². The Bertz CT molecular complexity index is 2210. The maximum Gasteiger partial charge on any atom is 0.242 e. The molecule has 7 aromatic carbocycles. The fourth-order valence-electron chi connectivity index (χ4n) is 8.37. The summed E-state index contributed by atoms with van der Waals surface area (Å²) >= 11 is 0. The van der Waals surface area contributed by atoms with Gasteiger partial charge < -0.3 is 9.13 Å². The Hall–Kier alpha value is -4.94. The highest BCUT2D eigenvalue weighted by molar-refractivity contribution is 7.86. The summed E-state index contributed by atoms with van der Waals surface area (Å²) in [5.74, 6) is 0. The molecule has 0 spiro atoms. The third-order valence-electron chi connectivity index (χ3n) is 10.5. The summed E-state index contributed by atoms with van der Waals surface area (Å²) in [6.45, 7) is 12.9. The standard InChI is InChI=1S/C48H45BO2P2/c1-34-27-36(3)47(37(4)28-34)49(48-38(5)29-35(2)30-39(48)6)40-31-45(52(50,41-19-11-7-12-20-41)42-21-13-8-14-22-42)33-46(32-40)53(51,43-23-15-9-16-24-43)44-25-17-10-18-26-44/h7-33H,1-6H3. The second-order valence-corrected chi connectivity index (χ2v) is 19.9. The van der Waals surface area contributed by atoms with Gasteiger partial charge in [0, 0.05) is 31.8 Å². The van der Waals surface area contributed by atoms with Gasteiger partial charge in [-0.2, -0.15) is 0 Å². The first-order valence-corrected chi connectivity index (χ1v) is 21.7. The van der Waals surface area contributed by atoms with Crippen molar-refractivity contribution in [3.05, 3.63) is 197 Å². The first-order chi connectivity index (χ1) is 25.5. The Morgan fingerprint density at radius 3 is 0.868 bits per heavy atom. The number of rotatable bonds is 9. The van der Waals surface area contributed by atoms with Crippen LogP contribution in [0.5, 0.6) is 0 Å². The summed E-state index contributed by atoms with van der Waals surface area (Å²) in [7, 11) is -6.98. The lowest BCUT2D eigenvalue weighted by atomic mass is 9.34. The Balaban J connectivity index is 1.67. The second kappa shape index (κ2) is 14.8. The first-order valence-electron chi connectivity index (χ1n) is 18.3. The molecule has 0 aromatic heterocycles. The highest BCUT2D eigenvalue weighted by Gasteiger charge is 2.38. The lowest BCUT2D eigenvalue weighted by molar-refractivity contribution is 0.592. The summed E-state index contributed by atoms with van der Waals surface area (Å²) < 4.78 is 32.6. The van der Waals surface area contributed by atoms with E-state index < -0.39 is 14.3 Å². The van der Waals surface area contributed by atoms with Crippen molar-refractivity contribution in [1.82, 2.24) is 0 Å². The van der Waals surface area contributed by atoms with Crippen LogP contribution in [0.15, 0.2) is 164 Å². The third-order valence-corrected chi connectivity index (χ3v) is 16.6. The molecule has 0 unspecified atom stereocenters. The van der Waals surface area contributed by atoms with Gasteiger partial charge in [-0.05, 0) is 47.6 Å². The van der Waals surface area contributed by atoms with E-state index in [1.807, 2.05) is 127 Å². The molecule has 0 bridgehead atoms. The summed E-state index contributed by atoms with van der Waals surface area (Å²) in [5, 5.41) is 4.31. The monoisotopic (exact) mass is 726 g/mol. The van der Waals surface area contributed by atoms with E-state index in [0.717, 1.165) is 26.7 Å². The van der Waals surface area contributed by atoms with E-state index in [9.17, 15) is 0 Å². The molecule has 5 heteroatoms. The van der Waals surface area contributed by atoms with Gasteiger partial charge in [0.25, 0.3) is 0 Å². The van der Waals surface area contributed by atoms with E-state index in [2.05, 4.69) is 77.9 Å². The molecule has 0 heterocycles. The SMILES string of the molecule is Cc1cc(C)c(B(c2cc(P(=O)(c3ccccc3)c3ccccc3)cc(P(=O)(c3ccccc3)c3ccccc3)c2)c2c(C)cc(C)cc2C)c(C)c1. The van der Waals surface area contributed by atoms with Gasteiger partial charge in [0.15, 0.2) is 14.3 Å². The van der Waals surface area contributed by atoms with E-state index in [1.165, 1.54) is 44.3 Å². The zero-order valence-corrected chi connectivity index (χ0v) is 33.2. The largest absolute Gasteiger partial charge is 0.309 e. The molecule has 53 heavy (non-hydrogen) atoms. The molecule has 0 saturated heterocycles. The van der Waals surface area contributed by atoms with Crippen molar-refractivity contribution in [3.63, 3.8) is 0 Å². The third kappa shape index (κ3) is 6.74. The van der Waals surface area contributed by atoms with Crippen LogP contribution >= 0.6 is 14.3 Å². The van der Waals surface area contributed by atoms with Crippen LogP contribution in [-0.2, 0) is 9.13 Å². The molecule has 0 radical (unpaired) electrons. The average Bonchev–Trinajstić information content (AvgIpc) is 3.17. The molecule has 7 aromatic rings. The van der Waals surface area contributed by atoms with Gasteiger partial charge in [-0.1, -0.05) is 207 Å². The van der Waals surface area contributed by atoms with E-state index in [0.29, 0.717) is 10.6 Å². The zero-order chi connectivity index (χ0) is 37.3. The van der Waals surface area contributed by atoms with Crippen LogP contribution in [0.1, 0.15) is 33.4 Å². The summed E-state index contributed by atoms with van der Waals surface area (Å²) in [6, 6.07) is 54.6. The van der Waals surface area contributed by atoms with Crippen molar-refractivity contribution >= 4 is 69.2 Å². The molecule has 0 N–H and O–H groups in total. The van der Waals surface area contributed by atoms with Crippen LogP contribution in [0.2, 0.25) is 0 Å². The molecule has 0 aliphatic heterocycles. The minimum atomic E-state index is -3.49. The van der Waals surface area contributed by atoms with Gasteiger partial charge >= 0.3 is 0 Å². The smallest absolute Gasteiger partial charge is 0.242 e. The van der Waals surface area contributed by atoms with Crippen molar-refractivity contribution in [3.8, 4) is 0 Å². The Kier molecular flexibility index (Phi) is 10.2. The van der Waals surface area contributed by atoms with Gasteiger partial charge in [0.1, 0.15) is 0 Å². The van der Waals surface area contributed by atoms with Crippen LogP contribution in [-0.4, -0.2) is 6.71 Å². The summed E-state index contributed by atoms with van der Waals surface area (Å²) in [6.07, 6.45) is 0. The number of hydrogen-bond acceptors (Lipinski definition) is 2. The molecular weight excluding hydrogens is 681 g/mol. The van der Waals surface area contributed by atoms with Crippen LogP contribution in [0, 0.1) is 41.5 Å². The minimum Gasteiger partial charge on any atom is -0.309 e. The molecule has 0 aliphatic carbocycles. The van der Waals surface area contributed by atoms with E-state index >= 15 is 9.13 Å². The number of aryl methyl sites for hydroxylation is 6. The Morgan fingerprint density at radius 2 is 0.604 bits per heavy atom. The molecular formula is C48H45BO2P2. The molecule has 0 saturated carbocycles. The highest BCUT2D eigenvalue weighted by atomic mass is 31.2.